The molecule has 1 aliphatic heterocycles. The lowest BCUT2D eigenvalue weighted by Crippen LogP contribution is -2.40. The van der Waals surface area contributed by atoms with Crippen LogP contribution in [0.2, 0.25) is 5.02 Å². The number of rotatable bonds is 7. The molecule has 0 amide bonds. The molecule has 0 aliphatic carbocycles. The van der Waals surface area contributed by atoms with Gasteiger partial charge in [-0.05, 0) is 23.1 Å². The molecule has 1 aromatic carbocycles. The number of halogens is 1. The number of benzene rings is 1. The molecule has 0 atom stereocenters. The first-order valence-corrected chi connectivity index (χ1v) is 8.78. The van der Waals surface area contributed by atoms with Crippen LogP contribution in [0.4, 0.5) is 0 Å². The maximum absolute atomic E-state index is 6.31. The summed E-state index contributed by atoms with van der Waals surface area (Å²) in [6, 6.07) is 6.06. The first kappa shape index (κ1) is 18.5. The molecule has 1 heterocycles. The summed E-state index contributed by atoms with van der Waals surface area (Å²) in [5.74, 6) is 0.759. The molecular formula is C18H29ClN2O2. The zero-order valence-electron chi connectivity index (χ0n) is 14.5. The zero-order chi connectivity index (χ0) is 16.7. The van der Waals surface area contributed by atoms with Gasteiger partial charge in [0.15, 0.2) is 0 Å². The molecule has 5 heteroatoms. The Morgan fingerprint density at radius 2 is 1.96 bits per heavy atom. The van der Waals surface area contributed by atoms with Crippen LogP contribution in [0.3, 0.4) is 0 Å². The normalized spacial score (nSPS) is 16.5. The fraction of sp³-hybridized carbons (Fsp3) is 0.667. The highest BCUT2D eigenvalue weighted by molar-refractivity contribution is 6.32. The third-order valence-electron chi connectivity index (χ3n) is 4.04. The van der Waals surface area contributed by atoms with Gasteiger partial charge in [0, 0.05) is 32.7 Å². The molecule has 0 saturated carbocycles. The topological polar surface area (TPSA) is 33.7 Å². The average molecular weight is 341 g/mol. The molecule has 0 bridgehead atoms. The second-order valence-corrected chi connectivity index (χ2v) is 7.35. The maximum atomic E-state index is 6.31. The molecule has 1 N–H and O–H groups in total. The van der Waals surface area contributed by atoms with E-state index in [4.69, 9.17) is 21.1 Å². The van der Waals surface area contributed by atoms with Gasteiger partial charge in [0.05, 0.1) is 18.2 Å². The van der Waals surface area contributed by atoms with Gasteiger partial charge in [-0.3, -0.25) is 4.90 Å². The molecule has 2 rings (SSSR count). The Balaban J connectivity index is 1.64. The second-order valence-electron chi connectivity index (χ2n) is 6.95. The highest BCUT2D eigenvalue weighted by atomic mass is 35.5. The Kier molecular flexibility index (Phi) is 7.15. The van der Waals surface area contributed by atoms with Crippen molar-refractivity contribution in [3.8, 4) is 5.75 Å². The van der Waals surface area contributed by atoms with Crippen LogP contribution in [0.25, 0.3) is 0 Å². The predicted molar refractivity (Wildman–Crippen MR) is 95.8 cm³/mol. The molecule has 1 saturated heterocycles. The van der Waals surface area contributed by atoms with Crippen molar-refractivity contribution < 1.29 is 9.47 Å². The fourth-order valence-corrected chi connectivity index (χ4v) is 2.74. The molecule has 1 aromatic rings. The van der Waals surface area contributed by atoms with Crippen molar-refractivity contribution in [2.45, 2.75) is 26.2 Å². The molecular weight excluding hydrogens is 312 g/mol. The smallest absolute Gasteiger partial charge is 0.137 e. The van der Waals surface area contributed by atoms with Gasteiger partial charge < -0.3 is 14.8 Å². The van der Waals surface area contributed by atoms with Crippen molar-refractivity contribution in [1.29, 1.82) is 0 Å². The summed E-state index contributed by atoms with van der Waals surface area (Å²) in [6.07, 6.45) is 0. The van der Waals surface area contributed by atoms with Crippen molar-refractivity contribution >= 4 is 11.6 Å². The molecule has 0 radical (unpaired) electrons. The van der Waals surface area contributed by atoms with Crippen molar-refractivity contribution in [2.24, 2.45) is 0 Å². The molecule has 0 spiro atoms. The van der Waals surface area contributed by atoms with E-state index in [9.17, 15) is 0 Å². The summed E-state index contributed by atoms with van der Waals surface area (Å²) < 4.78 is 11.1. The van der Waals surface area contributed by atoms with Crippen LogP contribution in [0.5, 0.6) is 5.75 Å². The van der Waals surface area contributed by atoms with Crippen LogP contribution in [-0.2, 0) is 10.2 Å². The minimum Gasteiger partial charge on any atom is -0.491 e. The molecule has 1 aliphatic rings. The number of morpholine rings is 1. The monoisotopic (exact) mass is 340 g/mol. The second kappa shape index (κ2) is 8.88. The van der Waals surface area contributed by atoms with Gasteiger partial charge in [0.2, 0.25) is 0 Å². The van der Waals surface area contributed by atoms with E-state index in [1.165, 1.54) is 5.56 Å². The van der Waals surface area contributed by atoms with Crippen molar-refractivity contribution in [3.63, 3.8) is 0 Å². The summed E-state index contributed by atoms with van der Waals surface area (Å²) >= 11 is 6.31. The lowest BCUT2D eigenvalue weighted by atomic mass is 9.87. The van der Waals surface area contributed by atoms with Crippen LogP contribution in [0.15, 0.2) is 18.2 Å². The lowest BCUT2D eigenvalue weighted by molar-refractivity contribution is 0.0383. The number of hydrogen-bond donors (Lipinski definition) is 1. The Hall–Kier alpha value is -0.810. The minimum absolute atomic E-state index is 0.100. The Bertz CT molecular complexity index is 482. The summed E-state index contributed by atoms with van der Waals surface area (Å²) in [7, 11) is 0. The largest absolute Gasteiger partial charge is 0.491 e. The van der Waals surface area contributed by atoms with Crippen molar-refractivity contribution in [3.05, 3.63) is 28.8 Å². The minimum atomic E-state index is 0.100. The van der Waals surface area contributed by atoms with E-state index >= 15 is 0 Å². The number of nitrogens with one attached hydrogen (secondary N) is 1. The predicted octanol–water partition coefficient (Wildman–Crippen LogP) is 2.94. The quantitative estimate of drug-likeness (QED) is 0.774. The van der Waals surface area contributed by atoms with Gasteiger partial charge in [-0.2, -0.15) is 0 Å². The first-order valence-electron chi connectivity index (χ1n) is 8.40. The number of ether oxygens (including phenoxy) is 2. The summed E-state index contributed by atoms with van der Waals surface area (Å²) in [5, 5.41) is 4.09. The molecule has 130 valence electrons. The first-order chi connectivity index (χ1) is 11.0. The van der Waals surface area contributed by atoms with Gasteiger partial charge in [-0.15, -0.1) is 0 Å². The molecule has 23 heavy (non-hydrogen) atoms. The highest BCUT2D eigenvalue weighted by Crippen LogP contribution is 2.31. The van der Waals surface area contributed by atoms with Crippen LogP contribution in [0.1, 0.15) is 26.3 Å². The van der Waals surface area contributed by atoms with Crippen molar-refractivity contribution in [1.82, 2.24) is 10.2 Å². The van der Waals surface area contributed by atoms with E-state index in [1.807, 2.05) is 12.1 Å². The Labute approximate surface area is 145 Å². The van der Waals surface area contributed by atoms with Crippen molar-refractivity contribution in [2.75, 3.05) is 52.5 Å². The van der Waals surface area contributed by atoms with Crippen LogP contribution in [0, 0.1) is 0 Å². The van der Waals surface area contributed by atoms with E-state index < -0.39 is 0 Å². The SMILES string of the molecule is CC(C)(C)c1ccc(OCCNCCN2CCOCC2)c(Cl)c1. The lowest BCUT2D eigenvalue weighted by Gasteiger charge is -2.26. The number of hydrogen-bond acceptors (Lipinski definition) is 4. The highest BCUT2D eigenvalue weighted by Gasteiger charge is 2.15. The fourth-order valence-electron chi connectivity index (χ4n) is 2.50. The van der Waals surface area contributed by atoms with Crippen LogP contribution < -0.4 is 10.1 Å². The Morgan fingerprint density at radius 3 is 2.61 bits per heavy atom. The van der Waals surface area contributed by atoms with E-state index in [-0.39, 0.29) is 5.41 Å². The standard InChI is InChI=1S/C18H29ClN2O2/c1-18(2,3)15-4-5-17(16(19)14-15)23-11-7-20-6-8-21-9-12-22-13-10-21/h4-5,14,20H,6-13H2,1-3H3. The zero-order valence-corrected chi connectivity index (χ0v) is 15.3. The summed E-state index contributed by atoms with van der Waals surface area (Å²) in [4.78, 5) is 2.42. The van der Waals surface area contributed by atoms with Gasteiger partial charge >= 0.3 is 0 Å². The van der Waals surface area contributed by atoms with Crippen LogP contribution in [-0.4, -0.2) is 57.4 Å². The van der Waals surface area contributed by atoms with E-state index in [0.29, 0.717) is 11.6 Å². The Morgan fingerprint density at radius 1 is 1.22 bits per heavy atom. The van der Waals surface area contributed by atoms with E-state index in [1.54, 1.807) is 0 Å². The molecule has 4 nitrogen and oxygen atoms in total. The van der Waals surface area contributed by atoms with Gasteiger partial charge in [0.25, 0.3) is 0 Å². The van der Waals surface area contributed by atoms with Crippen LogP contribution >= 0.6 is 11.6 Å². The maximum Gasteiger partial charge on any atom is 0.137 e. The summed E-state index contributed by atoms with van der Waals surface area (Å²) in [5.41, 5.74) is 1.32. The van der Waals surface area contributed by atoms with E-state index in [2.05, 4.69) is 37.1 Å². The third-order valence-corrected chi connectivity index (χ3v) is 4.34. The number of nitrogens with zero attached hydrogens (tertiary/aromatic N) is 1. The molecule has 0 unspecified atom stereocenters. The molecule has 0 aromatic heterocycles. The third kappa shape index (κ3) is 6.30. The van der Waals surface area contributed by atoms with Gasteiger partial charge in [-0.1, -0.05) is 38.4 Å². The van der Waals surface area contributed by atoms with Gasteiger partial charge in [-0.25, -0.2) is 0 Å². The molecule has 1 fully saturated rings. The van der Waals surface area contributed by atoms with Gasteiger partial charge in [0.1, 0.15) is 12.4 Å². The summed E-state index contributed by atoms with van der Waals surface area (Å²) in [6.45, 7) is 13.8. The van der Waals surface area contributed by atoms with E-state index in [0.717, 1.165) is 51.7 Å². The average Bonchev–Trinajstić information content (AvgIpc) is 2.52.